The number of halogens is 3. The molecule has 1 aromatic heterocycles. The van der Waals surface area contributed by atoms with Crippen molar-refractivity contribution in [3.8, 4) is 0 Å². The van der Waals surface area contributed by atoms with Gasteiger partial charge in [-0.3, -0.25) is 4.90 Å². The predicted molar refractivity (Wildman–Crippen MR) is 92.9 cm³/mol. The Bertz CT molecular complexity index is 748. The van der Waals surface area contributed by atoms with Crippen LogP contribution in [0.3, 0.4) is 0 Å². The third-order valence-electron chi connectivity index (χ3n) is 5.02. The average molecular weight is 362 g/mol. The molecule has 1 saturated heterocycles. The second kappa shape index (κ2) is 6.87. The Hall–Kier alpha value is -2.15. The summed E-state index contributed by atoms with van der Waals surface area (Å²) in [5.41, 5.74) is 1.19. The molecule has 1 aliphatic heterocycles. The molecular formula is C19H21F3N4. The Morgan fingerprint density at radius 1 is 0.962 bits per heavy atom. The van der Waals surface area contributed by atoms with E-state index in [1.54, 1.807) is 6.07 Å². The fourth-order valence-electron chi connectivity index (χ4n) is 3.34. The molecule has 0 spiro atoms. The molecule has 2 aliphatic rings. The fraction of sp³-hybridized carbons (Fsp3) is 0.474. The molecule has 0 atom stereocenters. The van der Waals surface area contributed by atoms with E-state index in [9.17, 15) is 13.2 Å². The summed E-state index contributed by atoms with van der Waals surface area (Å²) in [6.07, 6.45) is -1.87. The van der Waals surface area contributed by atoms with Gasteiger partial charge in [0.2, 0.25) is 0 Å². The first-order valence-electron chi connectivity index (χ1n) is 8.96. The van der Waals surface area contributed by atoms with Gasteiger partial charge < -0.3 is 4.90 Å². The van der Waals surface area contributed by atoms with Crippen molar-refractivity contribution in [2.24, 2.45) is 0 Å². The van der Waals surface area contributed by atoms with Crippen molar-refractivity contribution in [3.63, 3.8) is 0 Å². The molecule has 26 heavy (non-hydrogen) atoms. The summed E-state index contributed by atoms with van der Waals surface area (Å²) in [5.74, 6) is 1.48. The molecule has 0 radical (unpaired) electrons. The number of aromatic nitrogens is 2. The van der Waals surface area contributed by atoms with E-state index in [0.717, 1.165) is 43.8 Å². The maximum Gasteiger partial charge on any atom is 0.416 e. The molecule has 138 valence electrons. The van der Waals surface area contributed by atoms with Crippen molar-refractivity contribution >= 4 is 5.82 Å². The van der Waals surface area contributed by atoms with Crippen LogP contribution in [0.1, 0.15) is 35.6 Å². The Morgan fingerprint density at radius 3 is 2.35 bits per heavy atom. The van der Waals surface area contributed by atoms with Crippen LogP contribution >= 0.6 is 0 Å². The van der Waals surface area contributed by atoms with Gasteiger partial charge in [0.25, 0.3) is 0 Å². The van der Waals surface area contributed by atoms with E-state index in [0.29, 0.717) is 18.0 Å². The Labute approximate surface area is 150 Å². The summed E-state index contributed by atoms with van der Waals surface area (Å²) >= 11 is 0. The molecule has 2 fully saturated rings. The van der Waals surface area contributed by atoms with Crippen LogP contribution in [-0.2, 0) is 12.7 Å². The number of piperazine rings is 1. The first-order chi connectivity index (χ1) is 12.5. The Morgan fingerprint density at radius 2 is 1.73 bits per heavy atom. The summed E-state index contributed by atoms with van der Waals surface area (Å²) in [6.45, 7) is 3.72. The van der Waals surface area contributed by atoms with Crippen molar-refractivity contribution < 1.29 is 13.2 Å². The molecule has 2 heterocycles. The third-order valence-corrected chi connectivity index (χ3v) is 5.02. The van der Waals surface area contributed by atoms with E-state index in [1.165, 1.54) is 25.0 Å². The van der Waals surface area contributed by atoms with E-state index in [1.807, 2.05) is 6.07 Å². The number of hydrogen-bond acceptors (Lipinski definition) is 4. The highest BCUT2D eigenvalue weighted by molar-refractivity contribution is 5.38. The van der Waals surface area contributed by atoms with Crippen LogP contribution in [0.4, 0.5) is 19.0 Å². The molecule has 0 bridgehead atoms. The number of rotatable bonds is 4. The number of hydrogen-bond donors (Lipinski definition) is 0. The van der Waals surface area contributed by atoms with E-state index >= 15 is 0 Å². The second-order valence-electron chi connectivity index (χ2n) is 7.05. The van der Waals surface area contributed by atoms with Gasteiger partial charge in [-0.25, -0.2) is 0 Å². The lowest BCUT2D eigenvalue weighted by molar-refractivity contribution is -0.137. The molecule has 0 amide bonds. The highest BCUT2D eigenvalue weighted by Gasteiger charge is 2.30. The van der Waals surface area contributed by atoms with Crippen LogP contribution < -0.4 is 4.90 Å². The molecule has 1 aliphatic carbocycles. The second-order valence-corrected chi connectivity index (χ2v) is 7.05. The quantitative estimate of drug-likeness (QED) is 0.830. The van der Waals surface area contributed by atoms with Crippen molar-refractivity contribution in [3.05, 3.63) is 53.2 Å². The number of benzene rings is 1. The maximum atomic E-state index is 12.8. The van der Waals surface area contributed by atoms with Gasteiger partial charge in [0.15, 0.2) is 5.82 Å². The van der Waals surface area contributed by atoms with Crippen LogP contribution in [-0.4, -0.2) is 41.3 Å². The van der Waals surface area contributed by atoms with Crippen LogP contribution in [0.15, 0.2) is 36.4 Å². The van der Waals surface area contributed by atoms with E-state index in [2.05, 4.69) is 26.1 Å². The summed E-state index contributed by atoms with van der Waals surface area (Å²) in [5, 5.41) is 8.67. The molecule has 1 saturated carbocycles. The van der Waals surface area contributed by atoms with Gasteiger partial charge in [-0.2, -0.15) is 18.3 Å². The number of alkyl halides is 3. The monoisotopic (exact) mass is 362 g/mol. The predicted octanol–water partition coefficient (Wildman–Crippen LogP) is 3.70. The van der Waals surface area contributed by atoms with Gasteiger partial charge in [0.1, 0.15) is 0 Å². The topological polar surface area (TPSA) is 32.3 Å². The fourth-order valence-corrected chi connectivity index (χ4v) is 3.34. The molecule has 4 rings (SSSR count). The lowest BCUT2D eigenvalue weighted by atomic mass is 10.1. The van der Waals surface area contributed by atoms with Crippen LogP contribution in [0.25, 0.3) is 0 Å². The third kappa shape index (κ3) is 3.98. The lowest BCUT2D eigenvalue weighted by Crippen LogP contribution is -2.46. The smallest absolute Gasteiger partial charge is 0.353 e. The van der Waals surface area contributed by atoms with E-state index in [-0.39, 0.29) is 0 Å². The zero-order valence-electron chi connectivity index (χ0n) is 14.4. The minimum absolute atomic E-state index is 0.532. The van der Waals surface area contributed by atoms with Crippen molar-refractivity contribution in [2.75, 3.05) is 31.1 Å². The van der Waals surface area contributed by atoms with Gasteiger partial charge in [0, 0.05) is 38.6 Å². The molecular weight excluding hydrogens is 341 g/mol. The van der Waals surface area contributed by atoms with Gasteiger partial charge in [-0.05, 0) is 36.6 Å². The van der Waals surface area contributed by atoms with Crippen LogP contribution in [0, 0.1) is 0 Å². The SMILES string of the molecule is FC(F)(F)c1cccc(CN2CCN(c3ccc(C4CC4)nn3)CC2)c1. The van der Waals surface area contributed by atoms with Crippen LogP contribution in [0.5, 0.6) is 0 Å². The summed E-state index contributed by atoms with van der Waals surface area (Å²) in [4.78, 5) is 4.37. The lowest BCUT2D eigenvalue weighted by Gasteiger charge is -2.35. The van der Waals surface area contributed by atoms with Gasteiger partial charge >= 0.3 is 6.18 Å². The maximum absolute atomic E-state index is 12.8. The Balaban J connectivity index is 1.33. The first-order valence-corrected chi connectivity index (χ1v) is 8.96. The average Bonchev–Trinajstić information content (AvgIpc) is 3.47. The van der Waals surface area contributed by atoms with Crippen molar-refractivity contribution in [2.45, 2.75) is 31.5 Å². The largest absolute Gasteiger partial charge is 0.416 e. The van der Waals surface area contributed by atoms with Crippen molar-refractivity contribution in [1.82, 2.24) is 15.1 Å². The van der Waals surface area contributed by atoms with Crippen LogP contribution in [0.2, 0.25) is 0 Å². The van der Waals surface area contributed by atoms with Gasteiger partial charge in [-0.1, -0.05) is 18.2 Å². The minimum atomic E-state index is -4.29. The summed E-state index contributed by atoms with van der Waals surface area (Å²) in [7, 11) is 0. The molecule has 0 unspecified atom stereocenters. The van der Waals surface area contributed by atoms with E-state index in [4.69, 9.17) is 0 Å². The Kier molecular flexibility index (Phi) is 4.56. The van der Waals surface area contributed by atoms with E-state index < -0.39 is 11.7 Å². The first kappa shape index (κ1) is 17.3. The molecule has 2 aromatic rings. The minimum Gasteiger partial charge on any atom is -0.353 e. The number of anilines is 1. The van der Waals surface area contributed by atoms with Gasteiger partial charge in [-0.15, -0.1) is 5.10 Å². The zero-order chi connectivity index (χ0) is 18.1. The van der Waals surface area contributed by atoms with Gasteiger partial charge in [0.05, 0.1) is 11.3 Å². The normalized spacial score (nSPS) is 19.0. The highest BCUT2D eigenvalue weighted by atomic mass is 19.4. The summed E-state index contributed by atoms with van der Waals surface area (Å²) in [6, 6.07) is 9.69. The molecule has 0 N–H and O–H groups in total. The number of nitrogens with zero attached hydrogens (tertiary/aromatic N) is 4. The highest BCUT2D eigenvalue weighted by Crippen LogP contribution is 2.38. The summed E-state index contributed by atoms with van der Waals surface area (Å²) < 4.78 is 38.5. The molecule has 1 aromatic carbocycles. The van der Waals surface area contributed by atoms with Crippen molar-refractivity contribution in [1.29, 1.82) is 0 Å². The molecule has 7 heteroatoms. The standard InChI is InChI=1S/C19H21F3N4/c20-19(21,22)16-3-1-2-14(12-16)13-25-8-10-26(11-9-25)18-7-6-17(23-24-18)15-4-5-15/h1-3,6-7,12,15H,4-5,8-11,13H2. The zero-order valence-corrected chi connectivity index (χ0v) is 14.4. The molecule has 4 nitrogen and oxygen atoms in total.